The smallest absolute Gasteiger partial charge is 0.242 e. The van der Waals surface area contributed by atoms with Crippen LogP contribution in [0.5, 0.6) is 5.75 Å². The van der Waals surface area contributed by atoms with E-state index in [1.165, 1.54) is 18.3 Å². The first kappa shape index (κ1) is 18.0. The van der Waals surface area contributed by atoms with Gasteiger partial charge in [-0.25, -0.2) is 18.1 Å². The summed E-state index contributed by atoms with van der Waals surface area (Å²) in [5, 5.41) is 0.266. The van der Waals surface area contributed by atoms with Crippen LogP contribution in [0.4, 0.5) is 5.69 Å². The van der Waals surface area contributed by atoms with E-state index in [4.69, 9.17) is 16.3 Å². The number of rotatable bonds is 6. The van der Waals surface area contributed by atoms with Crippen LogP contribution in [0.2, 0.25) is 5.15 Å². The minimum Gasteiger partial charge on any atom is -0.495 e. The summed E-state index contributed by atoms with van der Waals surface area (Å²) in [4.78, 5) is 6.17. The molecule has 0 amide bonds. The normalized spacial score (nSPS) is 17.7. The quantitative estimate of drug-likeness (QED) is 0.778. The summed E-state index contributed by atoms with van der Waals surface area (Å²) < 4.78 is 32.7. The van der Waals surface area contributed by atoms with Crippen molar-refractivity contribution in [1.82, 2.24) is 9.71 Å². The predicted molar refractivity (Wildman–Crippen MR) is 97.7 cm³/mol. The van der Waals surface area contributed by atoms with E-state index in [1.54, 1.807) is 7.11 Å². The number of aromatic nitrogens is 1. The Morgan fingerprint density at radius 2 is 2.12 bits per heavy atom. The Labute approximate surface area is 152 Å². The fourth-order valence-electron chi connectivity index (χ4n) is 2.94. The van der Waals surface area contributed by atoms with Gasteiger partial charge in [0.05, 0.1) is 12.8 Å². The average Bonchev–Trinajstić information content (AvgIpc) is 3.09. The lowest BCUT2D eigenvalue weighted by atomic mass is 10.1. The van der Waals surface area contributed by atoms with Crippen molar-refractivity contribution in [3.63, 3.8) is 0 Å². The number of nitrogens with one attached hydrogen (secondary N) is 1. The minimum atomic E-state index is -3.57. The number of anilines is 1. The van der Waals surface area contributed by atoms with Crippen LogP contribution in [0.3, 0.4) is 0 Å². The molecule has 2 heterocycles. The molecule has 1 atom stereocenters. The maximum absolute atomic E-state index is 12.3. The average molecular weight is 382 g/mol. The van der Waals surface area contributed by atoms with Gasteiger partial charge in [0.1, 0.15) is 15.8 Å². The molecule has 3 rings (SSSR count). The number of nitrogens with zero attached hydrogens (tertiary/aromatic N) is 2. The van der Waals surface area contributed by atoms with Crippen molar-refractivity contribution in [1.29, 1.82) is 0 Å². The summed E-state index contributed by atoms with van der Waals surface area (Å²) in [6, 6.07) is 10.8. The van der Waals surface area contributed by atoms with Crippen LogP contribution < -0.4 is 14.4 Å². The molecular weight excluding hydrogens is 362 g/mol. The molecule has 1 N–H and O–H groups in total. The van der Waals surface area contributed by atoms with Crippen molar-refractivity contribution in [3.8, 4) is 5.75 Å². The van der Waals surface area contributed by atoms with Gasteiger partial charge in [-0.15, -0.1) is 0 Å². The van der Waals surface area contributed by atoms with Gasteiger partial charge in [0.15, 0.2) is 0 Å². The summed E-state index contributed by atoms with van der Waals surface area (Å²) in [6.45, 7) is 2.04. The molecule has 0 aliphatic carbocycles. The van der Waals surface area contributed by atoms with Gasteiger partial charge in [-0.3, -0.25) is 0 Å². The molecule has 1 aliphatic heterocycles. The maximum Gasteiger partial charge on any atom is 0.242 e. The number of sulfonamides is 1. The fourth-order valence-corrected chi connectivity index (χ4v) is 4.11. The van der Waals surface area contributed by atoms with Crippen LogP contribution in [0.15, 0.2) is 47.5 Å². The molecule has 1 aromatic carbocycles. The number of halogens is 1. The molecule has 25 heavy (non-hydrogen) atoms. The van der Waals surface area contributed by atoms with Gasteiger partial charge < -0.3 is 9.64 Å². The van der Waals surface area contributed by atoms with Crippen LogP contribution >= 0.6 is 11.6 Å². The number of ether oxygens (including phenoxy) is 1. The van der Waals surface area contributed by atoms with Crippen LogP contribution in [-0.2, 0) is 10.0 Å². The SMILES string of the molecule is COc1ccccc1N1CCC(CNS(=O)(=O)c2ccc(Cl)nc2)C1. The zero-order chi connectivity index (χ0) is 17.9. The third-order valence-corrected chi connectivity index (χ3v) is 5.92. The molecule has 0 radical (unpaired) electrons. The highest BCUT2D eigenvalue weighted by Crippen LogP contribution is 2.31. The fraction of sp³-hybridized carbons (Fsp3) is 0.353. The number of benzene rings is 1. The van der Waals surface area contributed by atoms with E-state index in [-0.39, 0.29) is 16.0 Å². The van der Waals surface area contributed by atoms with E-state index in [2.05, 4.69) is 14.6 Å². The molecule has 1 aromatic heterocycles. The number of pyridine rings is 1. The van der Waals surface area contributed by atoms with Gasteiger partial charge in [0.2, 0.25) is 10.0 Å². The second-order valence-corrected chi connectivity index (χ2v) is 8.10. The number of para-hydroxylation sites is 2. The Morgan fingerprint density at radius 1 is 1.32 bits per heavy atom. The molecule has 8 heteroatoms. The Hall–Kier alpha value is -1.83. The lowest BCUT2D eigenvalue weighted by Gasteiger charge is -2.21. The highest BCUT2D eigenvalue weighted by molar-refractivity contribution is 7.89. The zero-order valence-corrected chi connectivity index (χ0v) is 15.4. The predicted octanol–water partition coefficient (Wildman–Crippen LogP) is 2.55. The van der Waals surface area contributed by atoms with Crippen molar-refractivity contribution >= 4 is 27.3 Å². The highest BCUT2D eigenvalue weighted by atomic mass is 35.5. The molecule has 6 nitrogen and oxygen atoms in total. The lowest BCUT2D eigenvalue weighted by Crippen LogP contribution is -2.31. The van der Waals surface area contributed by atoms with Crippen LogP contribution in [0, 0.1) is 5.92 Å². The first-order valence-corrected chi connectivity index (χ1v) is 9.85. The van der Waals surface area contributed by atoms with E-state index in [0.29, 0.717) is 6.54 Å². The van der Waals surface area contributed by atoms with Crippen LogP contribution in [-0.4, -0.2) is 40.1 Å². The summed E-state index contributed by atoms with van der Waals surface area (Å²) in [7, 11) is -1.92. The Kier molecular flexibility index (Phi) is 5.46. The van der Waals surface area contributed by atoms with Crippen molar-refractivity contribution in [2.45, 2.75) is 11.3 Å². The molecule has 134 valence electrons. The highest BCUT2D eigenvalue weighted by Gasteiger charge is 2.26. The van der Waals surface area contributed by atoms with Crippen LogP contribution in [0.1, 0.15) is 6.42 Å². The van der Waals surface area contributed by atoms with E-state index < -0.39 is 10.0 Å². The van der Waals surface area contributed by atoms with Gasteiger partial charge in [-0.1, -0.05) is 23.7 Å². The van der Waals surface area contributed by atoms with Crippen LogP contribution in [0.25, 0.3) is 0 Å². The zero-order valence-electron chi connectivity index (χ0n) is 13.9. The van der Waals surface area contributed by atoms with Crippen molar-refractivity contribution in [2.24, 2.45) is 5.92 Å². The molecule has 0 saturated carbocycles. The maximum atomic E-state index is 12.3. The third-order valence-electron chi connectivity index (χ3n) is 4.28. The van der Waals surface area contributed by atoms with E-state index in [9.17, 15) is 8.42 Å². The monoisotopic (exact) mass is 381 g/mol. The van der Waals surface area contributed by atoms with Crippen molar-refractivity contribution in [2.75, 3.05) is 31.6 Å². The molecule has 0 spiro atoms. The van der Waals surface area contributed by atoms with Gasteiger partial charge in [0.25, 0.3) is 0 Å². The number of hydrogen-bond donors (Lipinski definition) is 1. The molecule has 1 unspecified atom stereocenters. The van der Waals surface area contributed by atoms with Crippen molar-refractivity contribution in [3.05, 3.63) is 47.7 Å². The first-order chi connectivity index (χ1) is 12.0. The summed E-state index contributed by atoms with van der Waals surface area (Å²) in [5.41, 5.74) is 1.04. The largest absolute Gasteiger partial charge is 0.495 e. The molecule has 1 fully saturated rings. The standard InChI is InChI=1S/C17H20ClN3O3S/c1-24-16-5-3-2-4-15(16)21-9-8-13(12-21)10-20-25(22,23)14-6-7-17(18)19-11-14/h2-7,11,13,20H,8-10,12H2,1H3. The van der Waals surface area contributed by atoms with Gasteiger partial charge in [-0.2, -0.15) is 0 Å². The molecule has 0 bridgehead atoms. The minimum absolute atomic E-state index is 0.122. The molecule has 1 aliphatic rings. The Balaban J connectivity index is 1.61. The van der Waals surface area contributed by atoms with Crippen molar-refractivity contribution < 1.29 is 13.2 Å². The molecule has 2 aromatic rings. The van der Waals surface area contributed by atoms with Gasteiger partial charge in [-0.05, 0) is 36.6 Å². The third kappa shape index (κ3) is 4.23. The second-order valence-electron chi connectivity index (χ2n) is 5.94. The summed E-state index contributed by atoms with van der Waals surface area (Å²) in [6.07, 6.45) is 2.18. The van der Waals surface area contributed by atoms with E-state index in [1.807, 2.05) is 24.3 Å². The lowest BCUT2D eigenvalue weighted by molar-refractivity contribution is 0.414. The molecular formula is C17H20ClN3O3S. The molecule has 1 saturated heterocycles. The van der Waals surface area contributed by atoms with Gasteiger partial charge in [0, 0.05) is 25.8 Å². The Bertz CT molecular complexity index is 827. The summed E-state index contributed by atoms with van der Waals surface area (Å²) in [5.74, 6) is 1.07. The second kappa shape index (κ2) is 7.59. The summed E-state index contributed by atoms with van der Waals surface area (Å²) >= 11 is 5.70. The first-order valence-electron chi connectivity index (χ1n) is 7.99. The Morgan fingerprint density at radius 3 is 2.84 bits per heavy atom. The topological polar surface area (TPSA) is 71.5 Å². The van der Waals surface area contributed by atoms with E-state index >= 15 is 0 Å². The number of methoxy groups -OCH3 is 1. The van der Waals surface area contributed by atoms with Gasteiger partial charge >= 0.3 is 0 Å². The van der Waals surface area contributed by atoms with E-state index in [0.717, 1.165) is 30.9 Å². The number of hydrogen-bond acceptors (Lipinski definition) is 5.